The van der Waals surface area contributed by atoms with E-state index in [1.54, 1.807) is 18.2 Å². The van der Waals surface area contributed by atoms with Crippen molar-refractivity contribution in [2.75, 3.05) is 32.7 Å². The van der Waals surface area contributed by atoms with Crippen molar-refractivity contribution in [2.45, 2.75) is 18.4 Å². The van der Waals surface area contributed by atoms with Crippen molar-refractivity contribution < 1.29 is 13.4 Å². The number of hydrogen-bond donors (Lipinski definition) is 0. The number of furan rings is 1. The van der Waals surface area contributed by atoms with Gasteiger partial charge >= 0.3 is 0 Å². The fourth-order valence-electron chi connectivity index (χ4n) is 3.02. The van der Waals surface area contributed by atoms with E-state index in [2.05, 4.69) is 11.8 Å². The molecule has 0 aliphatic carbocycles. The van der Waals surface area contributed by atoms with Gasteiger partial charge in [-0.15, -0.1) is 0 Å². The van der Waals surface area contributed by atoms with E-state index < -0.39 is 10.8 Å². The van der Waals surface area contributed by atoms with Gasteiger partial charge in [-0.2, -0.15) is 0 Å². The van der Waals surface area contributed by atoms with Gasteiger partial charge in [0, 0.05) is 47.8 Å². The zero-order valence-electron chi connectivity index (χ0n) is 14.8. The van der Waals surface area contributed by atoms with E-state index in [4.69, 9.17) is 16.0 Å². The number of benzene rings is 1. The summed E-state index contributed by atoms with van der Waals surface area (Å²) >= 11 is 5.96. The minimum atomic E-state index is -1.12. The topological polar surface area (TPSA) is 53.8 Å². The molecule has 140 valence electrons. The summed E-state index contributed by atoms with van der Waals surface area (Å²) in [5.74, 6) is 1.49. The van der Waals surface area contributed by atoms with Crippen LogP contribution in [0.2, 0.25) is 5.02 Å². The summed E-state index contributed by atoms with van der Waals surface area (Å²) in [5, 5.41) is 0.633. The van der Waals surface area contributed by atoms with Crippen LogP contribution in [0.15, 0.2) is 40.8 Å². The summed E-state index contributed by atoms with van der Waals surface area (Å²) in [6.07, 6.45) is 0. The minimum absolute atomic E-state index is 0.0902. The molecule has 0 saturated carbocycles. The molecular formula is C19H23ClN2O3S. The van der Waals surface area contributed by atoms with Crippen LogP contribution in [0, 0.1) is 0 Å². The molecule has 0 radical (unpaired) electrons. The first-order chi connectivity index (χ1) is 12.5. The number of nitrogens with zero attached hydrogens (tertiary/aromatic N) is 2. The summed E-state index contributed by atoms with van der Waals surface area (Å²) in [6.45, 7) is 6.33. The van der Waals surface area contributed by atoms with Crippen molar-refractivity contribution in [3.8, 4) is 0 Å². The maximum absolute atomic E-state index is 12.5. The lowest BCUT2D eigenvalue weighted by atomic mass is 10.2. The molecule has 1 aliphatic heterocycles. The SMILES string of the molecule is CCN1CCN(C(=O)c2ccc(CS(=O)Cc3cccc(Cl)c3)o2)CC1. The third kappa shape index (κ3) is 4.96. The van der Waals surface area contributed by atoms with Crippen molar-refractivity contribution in [2.24, 2.45) is 0 Å². The number of hydrogen-bond acceptors (Lipinski definition) is 4. The lowest BCUT2D eigenvalue weighted by molar-refractivity contribution is 0.0611. The summed E-state index contributed by atoms with van der Waals surface area (Å²) in [7, 11) is -1.12. The molecule has 1 atom stereocenters. The van der Waals surface area contributed by atoms with Gasteiger partial charge in [-0.3, -0.25) is 9.00 Å². The predicted octanol–water partition coefficient (Wildman–Crippen LogP) is 3.16. The monoisotopic (exact) mass is 394 g/mol. The molecule has 0 N–H and O–H groups in total. The maximum atomic E-state index is 12.5. The van der Waals surface area contributed by atoms with Crippen LogP contribution in [0.5, 0.6) is 0 Å². The molecule has 5 nitrogen and oxygen atoms in total. The summed E-state index contributed by atoms with van der Waals surface area (Å²) in [5.41, 5.74) is 0.924. The second-order valence-electron chi connectivity index (χ2n) is 6.35. The van der Waals surface area contributed by atoms with Crippen LogP contribution in [0.25, 0.3) is 0 Å². The molecule has 1 amide bonds. The number of rotatable bonds is 6. The molecular weight excluding hydrogens is 372 g/mol. The minimum Gasteiger partial charge on any atom is -0.455 e. The first-order valence-electron chi connectivity index (χ1n) is 8.75. The smallest absolute Gasteiger partial charge is 0.289 e. The molecule has 0 spiro atoms. The Bertz CT molecular complexity index is 785. The zero-order valence-corrected chi connectivity index (χ0v) is 16.4. The van der Waals surface area contributed by atoms with E-state index in [-0.39, 0.29) is 11.7 Å². The quantitative estimate of drug-likeness (QED) is 0.755. The molecule has 26 heavy (non-hydrogen) atoms. The molecule has 1 aromatic carbocycles. The van der Waals surface area contributed by atoms with Crippen molar-refractivity contribution in [3.05, 3.63) is 58.5 Å². The van der Waals surface area contributed by atoms with Gasteiger partial charge in [-0.25, -0.2) is 0 Å². The standard InChI is InChI=1S/C19H23ClN2O3S/c1-2-21-8-10-22(11-9-21)19(23)18-7-6-17(25-18)14-26(24)13-15-4-3-5-16(20)12-15/h3-7,12H,2,8-11,13-14H2,1H3. The molecule has 3 rings (SSSR count). The molecule has 1 unspecified atom stereocenters. The Morgan fingerprint density at radius 2 is 1.92 bits per heavy atom. The Hall–Kier alpha value is -1.63. The molecule has 2 heterocycles. The van der Waals surface area contributed by atoms with Crippen molar-refractivity contribution >= 4 is 28.3 Å². The average Bonchev–Trinajstić information content (AvgIpc) is 3.09. The molecule has 2 aromatic rings. The van der Waals surface area contributed by atoms with Gasteiger partial charge in [0.1, 0.15) is 5.76 Å². The van der Waals surface area contributed by atoms with E-state index in [0.717, 1.165) is 25.2 Å². The highest BCUT2D eigenvalue weighted by atomic mass is 35.5. The lowest BCUT2D eigenvalue weighted by Crippen LogP contribution is -2.48. The van der Waals surface area contributed by atoms with E-state index in [0.29, 0.717) is 35.4 Å². The van der Waals surface area contributed by atoms with Crippen LogP contribution in [0.4, 0.5) is 0 Å². The van der Waals surface area contributed by atoms with Gasteiger partial charge in [0.2, 0.25) is 0 Å². The Balaban J connectivity index is 1.56. The van der Waals surface area contributed by atoms with Crippen molar-refractivity contribution in [1.82, 2.24) is 9.80 Å². The first kappa shape index (κ1) is 19.1. The molecule has 1 aliphatic rings. The van der Waals surface area contributed by atoms with E-state index in [1.807, 2.05) is 23.1 Å². The zero-order chi connectivity index (χ0) is 18.5. The summed E-state index contributed by atoms with van der Waals surface area (Å²) in [4.78, 5) is 16.7. The molecule has 1 fully saturated rings. The second kappa shape index (κ2) is 8.84. The number of piperazine rings is 1. The van der Waals surface area contributed by atoms with E-state index >= 15 is 0 Å². The van der Waals surface area contributed by atoms with Crippen LogP contribution in [0.1, 0.15) is 28.8 Å². The Morgan fingerprint density at radius 1 is 1.15 bits per heavy atom. The predicted molar refractivity (Wildman–Crippen MR) is 104 cm³/mol. The number of likely N-dealkylation sites (N-methyl/N-ethyl adjacent to an activating group) is 1. The molecule has 7 heteroatoms. The second-order valence-corrected chi connectivity index (χ2v) is 8.24. The number of carbonyl (C=O) groups is 1. The Morgan fingerprint density at radius 3 is 2.62 bits per heavy atom. The van der Waals surface area contributed by atoms with Crippen LogP contribution >= 0.6 is 11.6 Å². The third-order valence-electron chi connectivity index (χ3n) is 4.50. The number of amides is 1. The highest BCUT2D eigenvalue weighted by Gasteiger charge is 2.23. The Kier molecular flexibility index (Phi) is 6.51. The fourth-order valence-corrected chi connectivity index (χ4v) is 4.35. The van der Waals surface area contributed by atoms with Gasteiger partial charge < -0.3 is 14.2 Å². The van der Waals surface area contributed by atoms with Gasteiger partial charge in [-0.05, 0) is 36.4 Å². The highest BCUT2D eigenvalue weighted by molar-refractivity contribution is 7.83. The van der Waals surface area contributed by atoms with Crippen LogP contribution < -0.4 is 0 Å². The van der Waals surface area contributed by atoms with Crippen LogP contribution in [-0.2, 0) is 22.3 Å². The van der Waals surface area contributed by atoms with E-state index in [9.17, 15) is 9.00 Å². The lowest BCUT2D eigenvalue weighted by Gasteiger charge is -2.33. The number of carbonyl (C=O) groups excluding carboxylic acids is 1. The molecule has 0 bridgehead atoms. The highest BCUT2D eigenvalue weighted by Crippen LogP contribution is 2.17. The van der Waals surface area contributed by atoms with Crippen LogP contribution in [-0.4, -0.2) is 52.6 Å². The molecule has 1 aromatic heterocycles. The normalized spacial score (nSPS) is 16.6. The first-order valence-corrected chi connectivity index (χ1v) is 10.6. The van der Waals surface area contributed by atoms with Crippen molar-refractivity contribution in [1.29, 1.82) is 0 Å². The summed E-state index contributed by atoms with van der Waals surface area (Å²) in [6, 6.07) is 10.8. The third-order valence-corrected chi connectivity index (χ3v) is 6.00. The van der Waals surface area contributed by atoms with E-state index in [1.165, 1.54) is 0 Å². The van der Waals surface area contributed by atoms with Gasteiger partial charge in [0.15, 0.2) is 5.76 Å². The maximum Gasteiger partial charge on any atom is 0.289 e. The molecule has 1 saturated heterocycles. The van der Waals surface area contributed by atoms with Gasteiger partial charge in [0.05, 0.1) is 5.75 Å². The largest absolute Gasteiger partial charge is 0.455 e. The fraction of sp³-hybridized carbons (Fsp3) is 0.421. The van der Waals surface area contributed by atoms with Crippen LogP contribution in [0.3, 0.4) is 0 Å². The van der Waals surface area contributed by atoms with Gasteiger partial charge in [0.25, 0.3) is 5.91 Å². The number of halogens is 1. The van der Waals surface area contributed by atoms with Gasteiger partial charge in [-0.1, -0.05) is 30.7 Å². The Labute approximate surface area is 161 Å². The average molecular weight is 395 g/mol. The van der Waals surface area contributed by atoms with Crippen molar-refractivity contribution in [3.63, 3.8) is 0 Å². The summed E-state index contributed by atoms with van der Waals surface area (Å²) < 4.78 is 18.0.